The average Bonchev–Trinajstić information content (AvgIpc) is 2.49. The van der Waals surface area contributed by atoms with Crippen LogP contribution in [-0.4, -0.2) is 41.9 Å². The van der Waals surface area contributed by atoms with Crippen LogP contribution in [-0.2, 0) is 11.3 Å². The van der Waals surface area contributed by atoms with Crippen LogP contribution < -0.4 is 0 Å². The van der Waals surface area contributed by atoms with Gasteiger partial charge >= 0.3 is 0 Å². The van der Waals surface area contributed by atoms with Crippen LogP contribution in [0.3, 0.4) is 0 Å². The normalized spacial score (nSPS) is 17.3. The van der Waals surface area contributed by atoms with E-state index in [1.165, 1.54) is 12.0 Å². The number of halogens is 1. The molecule has 20 heavy (non-hydrogen) atoms. The lowest BCUT2D eigenvalue weighted by Gasteiger charge is -2.32. The summed E-state index contributed by atoms with van der Waals surface area (Å²) in [6, 6.07) is 8.22. The first-order valence-corrected chi connectivity index (χ1v) is 8.10. The monoisotopic (exact) mass is 338 g/mol. The van der Waals surface area contributed by atoms with Crippen LogP contribution >= 0.6 is 15.9 Å². The summed E-state index contributed by atoms with van der Waals surface area (Å²) < 4.78 is 1.08. The lowest BCUT2D eigenvalue weighted by molar-refractivity contribution is -0.137. The highest BCUT2D eigenvalue weighted by atomic mass is 79.9. The van der Waals surface area contributed by atoms with Crippen LogP contribution in [0.15, 0.2) is 28.7 Å². The average molecular weight is 339 g/mol. The number of benzene rings is 1. The topological polar surface area (TPSA) is 23.6 Å². The van der Waals surface area contributed by atoms with E-state index < -0.39 is 0 Å². The van der Waals surface area contributed by atoms with Gasteiger partial charge in [0.25, 0.3) is 0 Å². The molecule has 1 amide bonds. The zero-order valence-corrected chi connectivity index (χ0v) is 13.9. The molecule has 0 aromatic heterocycles. The van der Waals surface area contributed by atoms with Crippen LogP contribution in [0.25, 0.3) is 0 Å². The maximum atomic E-state index is 12.5. The molecule has 2 rings (SSSR count). The number of piperidine rings is 1. The molecule has 1 aliphatic heterocycles. The molecule has 110 valence electrons. The Hall–Kier alpha value is -0.870. The second kappa shape index (κ2) is 7.23. The summed E-state index contributed by atoms with van der Waals surface area (Å²) in [5.74, 6) is 0.268. The number of likely N-dealkylation sites (N-methyl/N-ethyl adjacent to an activating group) is 1. The molecule has 1 aromatic carbocycles. The van der Waals surface area contributed by atoms with Gasteiger partial charge in [0.05, 0.1) is 6.04 Å². The summed E-state index contributed by atoms with van der Waals surface area (Å²) in [7, 11) is 2.02. The Morgan fingerprint density at radius 2 is 1.85 bits per heavy atom. The first-order valence-electron chi connectivity index (χ1n) is 7.31. The van der Waals surface area contributed by atoms with Gasteiger partial charge in [0.2, 0.25) is 5.91 Å². The van der Waals surface area contributed by atoms with Crippen LogP contribution in [0.4, 0.5) is 0 Å². The molecule has 0 spiro atoms. The molecule has 1 aromatic rings. The Morgan fingerprint density at radius 1 is 1.25 bits per heavy atom. The predicted molar refractivity (Wildman–Crippen MR) is 85.5 cm³/mol. The van der Waals surface area contributed by atoms with Gasteiger partial charge in [0.15, 0.2) is 0 Å². The van der Waals surface area contributed by atoms with E-state index >= 15 is 0 Å². The maximum Gasteiger partial charge on any atom is 0.239 e. The number of carbonyl (C=O) groups excluding carboxylic acids is 1. The van der Waals surface area contributed by atoms with Crippen LogP contribution in [0.1, 0.15) is 31.7 Å². The van der Waals surface area contributed by atoms with Gasteiger partial charge in [-0.25, -0.2) is 0 Å². The Bertz CT molecular complexity index is 440. The molecule has 0 aliphatic carbocycles. The molecule has 4 heteroatoms. The van der Waals surface area contributed by atoms with Gasteiger partial charge in [0, 0.05) is 24.1 Å². The minimum Gasteiger partial charge on any atom is -0.341 e. The molecule has 0 N–H and O–H groups in total. The molecular formula is C16H23BrN2O. The first kappa shape index (κ1) is 15.5. The lowest BCUT2D eigenvalue weighted by Crippen LogP contribution is -2.47. The molecular weight excluding hydrogens is 316 g/mol. The van der Waals surface area contributed by atoms with Gasteiger partial charge in [-0.15, -0.1) is 0 Å². The van der Waals surface area contributed by atoms with Crippen LogP contribution in [0, 0.1) is 0 Å². The van der Waals surface area contributed by atoms with E-state index in [-0.39, 0.29) is 11.9 Å². The summed E-state index contributed by atoms with van der Waals surface area (Å²) in [6.45, 7) is 4.66. The number of hydrogen-bond acceptors (Lipinski definition) is 2. The minimum absolute atomic E-state index is 0.0586. The number of likely N-dealkylation sites (tertiary alicyclic amines) is 1. The Balaban J connectivity index is 1.91. The van der Waals surface area contributed by atoms with Gasteiger partial charge in [-0.1, -0.05) is 28.1 Å². The molecule has 1 atom stereocenters. The third kappa shape index (κ3) is 4.06. The van der Waals surface area contributed by atoms with Crippen molar-refractivity contribution in [1.29, 1.82) is 0 Å². The van der Waals surface area contributed by atoms with Crippen molar-refractivity contribution in [3.05, 3.63) is 34.3 Å². The van der Waals surface area contributed by atoms with E-state index in [0.717, 1.165) is 36.9 Å². The van der Waals surface area contributed by atoms with Crippen molar-refractivity contribution >= 4 is 21.8 Å². The van der Waals surface area contributed by atoms with Gasteiger partial charge < -0.3 is 4.90 Å². The summed E-state index contributed by atoms with van der Waals surface area (Å²) >= 11 is 3.44. The summed E-state index contributed by atoms with van der Waals surface area (Å²) in [5.41, 5.74) is 1.23. The molecule has 1 fully saturated rings. The van der Waals surface area contributed by atoms with E-state index in [0.29, 0.717) is 0 Å². The lowest BCUT2D eigenvalue weighted by atomic mass is 10.1. The van der Waals surface area contributed by atoms with Crippen LogP contribution in [0.2, 0.25) is 0 Å². The van der Waals surface area contributed by atoms with E-state index in [1.54, 1.807) is 0 Å². The Kier molecular flexibility index (Phi) is 5.61. The SMILES string of the molecule is CC(C(=O)N1CCCCC1)N(C)Cc1ccc(Br)cc1. The van der Waals surface area contributed by atoms with Crippen LogP contribution in [0.5, 0.6) is 0 Å². The highest BCUT2D eigenvalue weighted by Crippen LogP contribution is 2.15. The Morgan fingerprint density at radius 3 is 2.45 bits per heavy atom. The molecule has 1 unspecified atom stereocenters. The fraction of sp³-hybridized carbons (Fsp3) is 0.562. The number of carbonyl (C=O) groups is 1. The number of rotatable bonds is 4. The van der Waals surface area contributed by atoms with Crippen molar-refractivity contribution in [1.82, 2.24) is 9.80 Å². The highest BCUT2D eigenvalue weighted by Gasteiger charge is 2.24. The van der Waals surface area contributed by atoms with Crippen molar-refractivity contribution in [2.24, 2.45) is 0 Å². The molecule has 0 bridgehead atoms. The second-order valence-corrected chi connectivity index (χ2v) is 6.52. The molecule has 0 radical (unpaired) electrons. The van der Waals surface area contributed by atoms with Gasteiger partial charge in [-0.05, 0) is 50.9 Å². The van der Waals surface area contributed by atoms with Crippen molar-refractivity contribution in [3.63, 3.8) is 0 Å². The fourth-order valence-corrected chi connectivity index (χ4v) is 2.85. The van der Waals surface area contributed by atoms with Gasteiger partial charge in [0.1, 0.15) is 0 Å². The minimum atomic E-state index is -0.0586. The smallest absolute Gasteiger partial charge is 0.239 e. The van der Waals surface area contributed by atoms with E-state index in [9.17, 15) is 4.79 Å². The number of hydrogen-bond donors (Lipinski definition) is 0. The van der Waals surface area contributed by atoms with Crippen molar-refractivity contribution in [3.8, 4) is 0 Å². The number of nitrogens with zero attached hydrogens (tertiary/aromatic N) is 2. The van der Waals surface area contributed by atoms with E-state index in [1.807, 2.05) is 31.0 Å². The van der Waals surface area contributed by atoms with Gasteiger partial charge in [-0.3, -0.25) is 9.69 Å². The highest BCUT2D eigenvalue weighted by molar-refractivity contribution is 9.10. The second-order valence-electron chi connectivity index (χ2n) is 5.60. The van der Waals surface area contributed by atoms with Crippen molar-refractivity contribution in [2.75, 3.05) is 20.1 Å². The summed E-state index contributed by atoms with van der Waals surface area (Å²) in [5, 5.41) is 0. The zero-order chi connectivity index (χ0) is 14.5. The number of amides is 1. The Labute approximate surface area is 130 Å². The molecule has 0 saturated carbocycles. The molecule has 3 nitrogen and oxygen atoms in total. The van der Waals surface area contributed by atoms with Crippen molar-refractivity contribution < 1.29 is 4.79 Å². The summed E-state index contributed by atoms with van der Waals surface area (Å²) in [6.07, 6.45) is 3.55. The van der Waals surface area contributed by atoms with E-state index in [2.05, 4.69) is 33.0 Å². The molecule has 1 saturated heterocycles. The largest absolute Gasteiger partial charge is 0.341 e. The quantitative estimate of drug-likeness (QED) is 0.841. The molecule has 1 heterocycles. The van der Waals surface area contributed by atoms with Crippen molar-refractivity contribution in [2.45, 2.75) is 38.8 Å². The standard InChI is InChI=1S/C16H23BrN2O/c1-13(16(20)19-10-4-3-5-11-19)18(2)12-14-6-8-15(17)9-7-14/h6-9,13H,3-5,10-12H2,1-2H3. The third-order valence-corrected chi connectivity index (χ3v) is 4.56. The van der Waals surface area contributed by atoms with Gasteiger partial charge in [-0.2, -0.15) is 0 Å². The van der Waals surface area contributed by atoms with E-state index in [4.69, 9.17) is 0 Å². The first-order chi connectivity index (χ1) is 9.58. The predicted octanol–water partition coefficient (Wildman–Crippen LogP) is 3.28. The maximum absolute atomic E-state index is 12.5. The molecule has 1 aliphatic rings. The fourth-order valence-electron chi connectivity index (χ4n) is 2.58. The zero-order valence-electron chi connectivity index (χ0n) is 12.3. The summed E-state index contributed by atoms with van der Waals surface area (Å²) in [4.78, 5) is 16.6. The third-order valence-electron chi connectivity index (χ3n) is 4.03.